The van der Waals surface area contributed by atoms with Crippen LogP contribution in [0, 0.1) is 13.8 Å². The molecule has 33 heavy (non-hydrogen) atoms. The molecule has 2 amide bonds. The van der Waals surface area contributed by atoms with E-state index in [1.165, 1.54) is 10.4 Å². The third kappa shape index (κ3) is 5.58. The van der Waals surface area contributed by atoms with Gasteiger partial charge in [-0.15, -0.1) is 11.3 Å². The molecule has 1 aromatic heterocycles. The van der Waals surface area contributed by atoms with Crippen molar-refractivity contribution in [1.82, 2.24) is 9.80 Å². The van der Waals surface area contributed by atoms with Gasteiger partial charge < -0.3 is 19.3 Å². The quantitative estimate of drug-likeness (QED) is 0.578. The number of ether oxygens (including phenoxy) is 2. The molecule has 178 valence electrons. The predicted octanol–water partition coefficient (Wildman–Crippen LogP) is 4.29. The second-order valence-corrected chi connectivity index (χ2v) is 10.00. The number of hydrogen-bond acceptors (Lipinski definition) is 5. The summed E-state index contributed by atoms with van der Waals surface area (Å²) in [6.07, 6.45) is 3.20. The molecule has 0 N–H and O–H groups in total. The Labute approximate surface area is 200 Å². The van der Waals surface area contributed by atoms with Crippen molar-refractivity contribution in [3.8, 4) is 5.75 Å². The fraction of sp³-hybridized carbons (Fsp3) is 0.538. The first-order chi connectivity index (χ1) is 16.0. The summed E-state index contributed by atoms with van der Waals surface area (Å²) in [5.41, 5.74) is 3.45. The smallest absolute Gasteiger partial charge is 0.242 e. The average Bonchev–Trinajstić information content (AvgIpc) is 3.49. The van der Waals surface area contributed by atoms with Gasteiger partial charge in [0, 0.05) is 31.0 Å². The number of carbonyl (C=O) groups excluding carboxylic acids is 2. The maximum absolute atomic E-state index is 13.5. The summed E-state index contributed by atoms with van der Waals surface area (Å²) < 4.78 is 12.0. The van der Waals surface area contributed by atoms with Crippen molar-refractivity contribution in [3.05, 3.63) is 51.2 Å². The number of hydrogen-bond donors (Lipinski definition) is 0. The largest absolute Gasteiger partial charge is 0.491 e. The standard InChI is InChI=1S/C26H34N2O4S/c1-4-25(29)27(15-20-6-5-12-31-20)16-26(30)28-11-9-24-21(10-13-33-24)22(28)17-32-23-8-7-18(2)14-19(23)3/h7-8,10,13-14,20,22H,4-6,9,11-12,15-17H2,1-3H3/t20-,22-/m1/s1. The van der Waals surface area contributed by atoms with E-state index in [0.29, 0.717) is 26.1 Å². The van der Waals surface area contributed by atoms with Gasteiger partial charge in [-0.1, -0.05) is 24.6 Å². The van der Waals surface area contributed by atoms with Gasteiger partial charge in [-0.3, -0.25) is 9.59 Å². The van der Waals surface area contributed by atoms with E-state index in [1.54, 1.807) is 16.2 Å². The van der Waals surface area contributed by atoms with Gasteiger partial charge in [0.25, 0.3) is 0 Å². The summed E-state index contributed by atoms with van der Waals surface area (Å²) >= 11 is 1.74. The average molecular weight is 471 g/mol. The highest BCUT2D eigenvalue weighted by atomic mass is 32.1. The Bertz CT molecular complexity index is 982. The molecule has 1 fully saturated rings. The minimum atomic E-state index is -0.158. The van der Waals surface area contributed by atoms with E-state index < -0.39 is 0 Å². The van der Waals surface area contributed by atoms with E-state index in [9.17, 15) is 9.59 Å². The van der Waals surface area contributed by atoms with Gasteiger partial charge >= 0.3 is 0 Å². The number of aryl methyl sites for hydroxylation is 2. The summed E-state index contributed by atoms with van der Waals surface area (Å²) in [6, 6.07) is 8.10. The topological polar surface area (TPSA) is 59.1 Å². The molecular weight excluding hydrogens is 436 g/mol. The van der Waals surface area contributed by atoms with Gasteiger partial charge in [0.1, 0.15) is 12.4 Å². The van der Waals surface area contributed by atoms with Gasteiger partial charge in [0.2, 0.25) is 11.8 Å². The summed E-state index contributed by atoms with van der Waals surface area (Å²) in [5, 5.41) is 2.09. The number of rotatable bonds is 8. The van der Waals surface area contributed by atoms with E-state index in [1.807, 2.05) is 30.9 Å². The summed E-state index contributed by atoms with van der Waals surface area (Å²) in [6.45, 7) is 8.30. The highest BCUT2D eigenvalue weighted by Crippen LogP contribution is 2.34. The first kappa shape index (κ1) is 23.8. The fourth-order valence-corrected chi connectivity index (χ4v) is 5.70. The number of fused-ring (bicyclic) bond motifs is 1. The zero-order chi connectivity index (χ0) is 23.4. The van der Waals surface area contributed by atoms with Crippen molar-refractivity contribution < 1.29 is 19.1 Å². The molecule has 0 unspecified atom stereocenters. The molecule has 2 aliphatic rings. The second-order valence-electron chi connectivity index (χ2n) is 8.99. The van der Waals surface area contributed by atoms with Crippen LogP contribution in [0.1, 0.15) is 53.8 Å². The Kier molecular flexibility index (Phi) is 7.71. The number of thiophene rings is 1. The minimum absolute atomic E-state index is 0.00448. The Morgan fingerprint density at radius 3 is 2.85 bits per heavy atom. The lowest BCUT2D eigenvalue weighted by Crippen LogP contribution is -2.49. The highest BCUT2D eigenvalue weighted by molar-refractivity contribution is 7.10. The number of benzene rings is 1. The number of carbonyl (C=O) groups is 2. The summed E-state index contributed by atoms with van der Waals surface area (Å²) in [5.74, 6) is 0.813. The zero-order valence-electron chi connectivity index (χ0n) is 19.8. The second kappa shape index (κ2) is 10.7. The third-order valence-corrected chi connectivity index (χ3v) is 7.57. The maximum atomic E-state index is 13.5. The molecule has 2 aliphatic heterocycles. The molecule has 0 bridgehead atoms. The molecule has 4 rings (SSSR count). The van der Waals surface area contributed by atoms with Crippen LogP contribution in [0.25, 0.3) is 0 Å². The molecule has 3 heterocycles. The Morgan fingerprint density at radius 2 is 2.12 bits per heavy atom. The molecule has 0 spiro atoms. The van der Waals surface area contributed by atoms with Crippen LogP contribution in [0.15, 0.2) is 29.6 Å². The van der Waals surface area contributed by atoms with Crippen LogP contribution in [-0.4, -0.2) is 60.6 Å². The van der Waals surface area contributed by atoms with Crippen LogP contribution in [0.4, 0.5) is 0 Å². The van der Waals surface area contributed by atoms with Crippen LogP contribution in [0.5, 0.6) is 5.75 Å². The third-order valence-electron chi connectivity index (χ3n) is 6.57. The predicted molar refractivity (Wildman–Crippen MR) is 130 cm³/mol. The molecule has 7 heteroatoms. The zero-order valence-corrected chi connectivity index (χ0v) is 20.7. The molecule has 6 nitrogen and oxygen atoms in total. The van der Waals surface area contributed by atoms with E-state index in [0.717, 1.165) is 42.7 Å². The van der Waals surface area contributed by atoms with E-state index in [2.05, 4.69) is 24.4 Å². The summed E-state index contributed by atoms with van der Waals surface area (Å²) in [4.78, 5) is 31.0. The number of amides is 2. The lowest BCUT2D eigenvalue weighted by atomic mass is 10.00. The highest BCUT2D eigenvalue weighted by Gasteiger charge is 2.34. The SMILES string of the molecule is CCC(=O)N(CC(=O)N1CCc2sccc2[C@H]1COc1ccc(C)cc1C)C[C@H]1CCCO1. The van der Waals surface area contributed by atoms with Crippen molar-refractivity contribution in [3.63, 3.8) is 0 Å². The van der Waals surface area contributed by atoms with Crippen LogP contribution in [0.3, 0.4) is 0 Å². The molecule has 2 aromatic rings. The Balaban J connectivity index is 1.49. The van der Waals surface area contributed by atoms with Gasteiger partial charge in [0.05, 0.1) is 18.7 Å². The van der Waals surface area contributed by atoms with Gasteiger partial charge in [0.15, 0.2) is 0 Å². The molecule has 0 radical (unpaired) electrons. The van der Waals surface area contributed by atoms with Crippen molar-refractivity contribution in [1.29, 1.82) is 0 Å². The van der Waals surface area contributed by atoms with Crippen molar-refractivity contribution in [2.75, 3.05) is 32.8 Å². The lowest BCUT2D eigenvalue weighted by molar-refractivity contribution is -0.143. The van der Waals surface area contributed by atoms with Crippen LogP contribution in [0.2, 0.25) is 0 Å². The monoisotopic (exact) mass is 470 g/mol. The van der Waals surface area contributed by atoms with Gasteiger partial charge in [-0.2, -0.15) is 0 Å². The molecule has 0 saturated carbocycles. The molecule has 1 aromatic carbocycles. The first-order valence-corrected chi connectivity index (χ1v) is 12.8. The van der Waals surface area contributed by atoms with Crippen LogP contribution >= 0.6 is 11.3 Å². The summed E-state index contributed by atoms with van der Waals surface area (Å²) in [7, 11) is 0. The van der Waals surface area contributed by atoms with Gasteiger partial charge in [-0.25, -0.2) is 0 Å². The normalized spacial score (nSPS) is 19.9. The van der Waals surface area contributed by atoms with E-state index in [-0.39, 0.29) is 30.5 Å². The van der Waals surface area contributed by atoms with Gasteiger partial charge in [-0.05, 0) is 61.7 Å². The Hall–Kier alpha value is -2.38. The van der Waals surface area contributed by atoms with E-state index >= 15 is 0 Å². The maximum Gasteiger partial charge on any atom is 0.242 e. The fourth-order valence-electron chi connectivity index (χ4n) is 4.77. The molecular formula is C26H34N2O4S. The van der Waals surface area contributed by atoms with E-state index in [4.69, 9.17) is 9.47 Å². The molecule has 1 saturated heterocycles. The van der Waals surface area contributed by atoms with Crippen molar-refractivity contribution in [2.24, 2.45) is 0 Å². The minimum Gasteiger partial charge on any atom is -0.491 e. The molecule has 2 atom stereocenters. The number of nitrogens with zero attached hydrogens (tertiary/aromatic N) is 2. The van der Waals surface area contributed by atoms with Crippen molar-refractivity contribution >= 4 is 23.2 Å². The Morgan fingerprint density at radius 1 is 1.27 bits per heavy atom. The van der Waals surface area contributed by atoms with Crippen molar-refractivity contribution in [2.45, 2.75) is 58.6 Å². The van der Waals surface area contributed by atoms with Crippen LogP contribution < -0.4 is 4.74 Å². The lowest BCUT2D eigenvalue weighted by Gasteiger charge is -2.37. The van der Waals surface area contributed by atoms with Crippen LogP contribution in [-0.2, 0) is 20.7 Å². The molecule has 0 aliphatic carbocycles. The first-order valence-electron chi connectivity index (χ1n) is 11.9.